The molecule has 3 aromatic carbocycles. The molecule has 0 N–H and O–H groups in total. The topological polar surface area (TPSA) is 3.24 Å². The molecule has 0 bridgehead atoms. The molecule has 0 fully saturated rings. The van der Waals surface area contributed by atoms with Crippen molar-refractivity contribution in [3.63, 3.8) is 0 Å². The monoisotopic (exact) mass is 391 g/mol. The summed E-state index contributed by atoms with van der Waals surface area (Å²) in [5, 5.41) is 4.34. The summed E-state index contributed by atoms with van der Waals surface area (Å²) in [5.74, 6) is 0. The summed E-state index contributed by atoms with van der Waals surface area (Å²) in [6.45, 7) is 6.66. The van der Waals surface area contributed by atoms with Gasteiger partial charge in [-0.3, -0.25) is 0 Å². The van der Waals surface area contributed by atoms with E-state index >= 15 is 0 Å². The molecule has 0 spiro atoms. The third-order valence-corrected chi connectivity index (χ3v) is 10.9. The van der Waals surface area contributed by atoms with Gasteiger partial charge in [-0.25, -0.2) is 0 Å². The fourth-order valence-electron chi connectivity index (χ4n) is 4.22. The molecule has 2 heteroatoms. The Morgan fingerprint density at radius 3 is 0.929 bits per heavy atom. The molecule has 0 aliphatic carbocycles. The number of hydrogen-bond acceptors (Lipinski definition) is 1. The first kappa shape index (κ1) is 20.8. The number of hydrogen-bond donors (Lipinski definition) is 0. The molecule has 0 unspecified atom stereocenters. The molecule has 28 heavy (non-hydrogen) atoms. The summed E-state index contributed by atoms with van der Waals surface area (Å²) in [5.41, 5.74) is 4.19. The molecular weight excluding hydrogens is 357 g/mol. The minimum absolute atomic E-state index is 1.08. The van der Waals surface area contributed by atoms with E-state index in [0.717, 1.165) is 19.3 Å². The Morgan fingerprint density at radius 1 is 0.500 bits per heavy atom. The van der Waals surface area contributed by atoms with E-state index in [4.69, 9.17) is 0 Å². The SMILES string of the molecule is CCc1ccc([PH](c2ccc(CC)cc2)(c2ccc(CC)cc2)N(C)C)cc1. The number of nitrogens with zero attached hydrogens (tertiary/aromatic N) is 1. The van der Waals surface area contributed by atoms with Crippen molar-refractivity contribution in [2.75, 3.05) is 14.1 Å². The van der Waals surface area contributed by atoms with Gasteiger partial charge in [0.1, 0.15) is 0 Å². The molecule has 0 aliphatic heterocycles. The molecule has 148 valence electrons. The zero-order chi connectivity index (χ0) is 20.1. The van der Waals surface area contributed by atoms with Crippen LogP contribution in [0.2, 0.25) is 0 Å². The Morgan fingerprint density at radius 2 is 0.750 bits per heavy atom. The first-order chi connectivity index (χ1) is 13.6. The second-order valence-corrected chi connectivity index (χ2v) is 11.8. The molecule has 0 heterocycles. The van der Waals surface area contributed by atoms with Crippen LogP contribution in [0.4, 0.5) is 0 Å². The molecule has 0 aliphatic rings. The Kier molecular flexibility index (Phi) is 6.70. The van der Waals surface area contributed by atoms with Gasteiger partial charge in [-0.15, -0.1) is 0 Å². The Labute approximate surface area is 171 Å². The van der Waals surface area contributed by atoms with E-state index in [0.29, 0.717) is 0 Å². The van der Waals surface area contributed by atoms with Gasteiger partial charge in [-0.05, 0) is 0 Å². The third-order valence-electron chi connectivity index (χ3n) is 6.01. The van der Waals surface area contributed by atoms with Crippen molar-refractivity contribution >= 4 is 23.3 Å². The summed E-state index contributed by atoms with van der Waals surface area (Å²) in [7, 11) is 2.23. The average molecular weight is 392 g/mol. The maximum absolute atomic E-state index is 2.50. The van der Waals surface area contributed by atoms with Crippen molar-refractivity contribution in [1.82, 2.24) is 4.67 Å². The van der Waals surface area contributed by atoms with Crippen LogP contribution in [0, 0.1) is 0 Å². The van der Waals surface area contributed by atoms with E-state index < -0.39 is 7.41 Å². The molecule has 3 aromatic rings. The van der Waals surface area contributed by atoms with Crippen LogP contribution in [0.5, 0.6) is 0 Å². The molecule has 0 radical (unpaired) electrons. The fourth-order valence-corrected chi connectivity index (χ4v) is 8.72. The quantitative estimate of drug-likeness (QED) is 0.519. The van der Waals surface area contributed by atoms with Gasteiger partial charge in [-0.1, -0.05) is 0 Å². The molecule has 0 amide bonds. The molecule has 3 rings (SSSR count). The van der Waals surface area contributed by atoms with Crippen molar-refractivity contribution < 1.29 is 0 Å². The van der Waals surface area contributed by atoms with E-state index in [2.05, 4.69) is 112 Å². The summed E-state index contributed by atoms with van der Waals surface area (Å²) < 4.78 is 2.50. The van der Waals surface area contributed by atoms with Crippen LogP contribution >= 0.6 is 7.41 Å². The number of rotatable bonds is 7. The van der Waals surface area contributed by atoms with Crippen LogP contribution in [0.3, 0.4) is 0 Å². The van der Waals surface area contributed by atoms with Gasteiger partial charge in [0.05, 0.1) is 0 Å². The van der Waals surface area contributed by atoms with Crippen molar-refractivity contribution in [2.45, 2.75) is 40.0 Å². The van der Waals surface area contributed by atoms with Crippen molar-refractivity contribution in [3.05, 3.63) is 89.5 Å². The summed E-state index contributed by atoms with van der Waals surface area (Å²) in [6, 6.07) is 28.0. The van der Waals surface area contributed by atoms with Crippen LogP contribution in [-0.2, 0) is 19.3 Å². The summed E-state index contributed by atoms with van der Waals surface area (Å²) >= 11 is 0. The van der Waals surface area contributed by atoms with E-state index in [1.165, 1.54) is 32.6 Å². The van der Waals surface area contributed by atoms with Gasteiger partial charge < -0.3 is 0 Å². The predicted molar refractivity (Wildman–Crippen MR) is 128 cm³/mol. The Bertz CT molecular complexity index is 762. The van der Waals surface area contributed by atoms with Crippen LogP contribution in [0.1, 0.15) is 37.5 Å². The van der Waals surface area contributed by atoms with E-state index in [1.807, 2.05) is 0 Å². The standard InChI is InChI=1S/C26H34NP/c1-6-21-9-15-24(16-10-21)28(27(4)5,25-17-11-22(7-2)12-18-25)26-19-13-23(8-3)14-20-26/h9-20,28H,6-8H2,1-5H3. The van der Waals surface area contributed by atoms with Crippen LogP contribution < -0.4 is 15.9 Å². The summed E-state index contributed by atoms with van der Waals surface area (Å²) in [4.78, 5) is 0. The molecular formula is C26H34NP. The first-order valence-electron chi connectivity index (χ1n) is 10.5. The van der Waals surface area contributed by atoms with Crippen molar-refractivity contribution in [2.24, 2.45) is 0 Å². The molecule has 1 nitrogen and oxygen atoms in total. The third kappa shape index (κ3) is 3.79. The van der Waals surface area contributed by atoms with Gasteiger partial charge >= 0.3 is 172 Å². The fraction of sp³-hybridized carbons (Fsp3) is 0.308. The second kappa shape index (κ2) is 9.03. The second-order valence-electron chi connectivity index (χ2n) is 7.76. The minimum atomic E-state index is -2.27. The Balaban J connectivity index is 2.27. The first-order valence-corrected chi connectivity index (χ1v) is 12.5. The van der Waals surface area contributed by atoms with E-state index in [-0.39, 0.29) is 0 Å². The average Bonchev–Trinajstić information content (AvgIpc) is 2.75. The maximum atomic E-state index is 2.50. The van der Waals surface area contributed by atoms with Crippen LogP contribution in [0.15, 0.2) is 72.8 Å². The van der Waals surface area contributed by atoms with Gasteiger partial charge in [0.2, 0.25) is 0 Å². The molecule has 0 saturated carbocycles. The number of benzene rings is 3. The normalized spacial score (nSPS) is 12.4. The zero-order valence-electron chi connectivity index (χ0n) is 18.0. The van der Waals surface area contributed by atoms with Crippen molar-refractivity contribution in [1.29, 1.82) is 0 Å². The number of aryl methyl sites for hydroxylation is 3. The molecule has 0 atom stereocenters. The zero-order valence-corrected chi connectivity index (χ0v) is 19.0. The van der Waals surface area contributed by atoms with E-state index in [9.17, 15) is 0 Å². The van der Waals surface area contributed by atoms with E-state index in [1.54, 1.807) is 0 Å². The molecule has 0 saturated heterocycles. The van der Waals surface area contributed by atoms with Crippen LogP contribution in [-0.4, -0.2) is 18.8 Å². The van der Waals surface area contributed by atoms with Crippen LogP contribution in [0.25, 0.3) is 0 Å². The summed E-state index contributed by atoms with van der Waals surface area (Å²) in [6.07, 6.45) is 3.23. The Hall–Kier alpha value is -1.95. The van der Waals surface area contributed by atoms with Crippen molar-refractivity contribution in [3.8, 4) is 0 Å². The van der Waals surface area contributed by atoms with Gasteiger partial charge in [0, 0.05) is 0 Å². The van der Waals surface area contributed by atoms with Gasteiger partial charge in [-0.2, -0.15) is 0 Å². The van der Waals surface area contributed by atoms with Gasteiger partial charge in [0.25, 0.3) is 0 Å². The predicted octanol–water partition coefficient (Wildman–Crippen LogP) is 4.88. The van der Waals surface area contributed by atoms with Gasteiger partial charge in [0.15, 0.2) is 0 Å². The molecule has 0 aromatic heterocycles.